The summed E-state index contributed by atoms with van der Waals surface area (Å²) in [4.78, 5) is 37.4. The summed E-state index contributed by atoms with van der Waals surface area (Å²) >= 11 is 0. The third-order valence-electron chi connectivity index (χ3n) is 4.33. The van der Waals surface area contributed by atoms with Crippen LogP contribution < -0.4 is 10.6 Å². The maximum atomic E-state index is 12.2. The number of rotatable bonds is 5. The molecule has 0 radical (unpaired) electrons. The normalized spacial score (nSPS) is 27.4. The first-order valence-electron chi connectivity index (χ1n) is 7.33. The minimum atomic E-state index is -0.271. The zero-order chi connectivity index (χ0) is 14.7. The van der Waals surface area contributed by atoms with Crippen LogP contribution in [-0.4, -0.2) is 48.8 Å². The molecule has 6 nitrogen and oxygen atoms in total. The molecular weight excluding hydrogens is 258 g/mol. The van der Waals surface area contributed by atoms with Crippen LogP contribution in [0.5, 0.6) is 0 Å². The Hall–Kier alpha value is -1.43. The highest BCUT2D eigenvalue weighted by Gasteiger charge is 2.48. The molecule has 6 heteroatoms. The molecule has 0 bridgehead atoms. The summed E-state index contributed by atoms with van der Waals surface area (Å²) in [5.74, 6) is -0.943. The molecule has 1 aliphatic heterocycles. The van der Waals surface area contributed by atoms with Crippen molar-refractivity contribution in [2.75, 3.05) is 20.1 Å². The van der Waals surface area contributed by atoms with E-state index in [1.54, 1.807) is 0 Å². The van der Waals surface area contributed by atoms with Crippen LogP contribution in [0.15, 0.2) is 0 Å². The summed E-state index contributed by atoms with van der Waals surface area (Å²) in [6, 6.07) is 0.159. The topological polar surface area (TPSA) is 78.5 Å². The first-order chi connectivity index (χ1) is 9.54. The van der Waals surface area contributed by atoms with E-state index < -0.39 is 0 Å². The second kappa shape index (κ2) is 6.35. The second-order valence-corrected chi connectivity index (χ2v) is 5.75. The molecule has 1 heterocycles. The van der Waals surface area contributed by atoms with Gasteiger partial charge < -0.3 is 10.6 Å². The number of nitrogens with zero attached hydrogens (tertiary/aromatic N) is 1. The van der Waals surface area contributed by atoms with E-state index in [2.05, 4.69) is 10.6 Å². The number of likely N-dealkylation sites (N-methyl/N-ethyl adjacent to an activating group) is 1. The van der Waals surface area contributed by atoms with Gasteiger partial charge in [0.15, 0.2) is 0 Å². The predicted octanol–water partition coefficient (Wildman–Crippen LogP) is -0.114. The van der Waals surface area contributed by atoms with Crippen molar-refractivity contribution in [2.24, 2.45) is 11.8 Å². The molecule has 3 unspecified atom stereocenters. The minimum Gasteiger partial charge on any atom is -0.353 e. The standard InChI is InChI=1S/C14H23N3O3/c1-9(15-2)7-16-12(18)8-17-13(19)10-5-3-4-6-11(10)14(17)20/h9-11,15H,3-8H2,1-2H3,(H,16,18). The molecule has 2 N–H and O–H groups in total. The van der Waals surface area contributed by atoms with Crippen LogP contribution in [0, 0.1) is 11.8 Å². The van der Waals surface area contributed by atoms with E-state index >= 15 is 0 Å². The summed E-state index contributed by atoms with van der Waals surface area (Å²) in [7, 11) is 1.81. The Morgan fingerprint density at radius 3 is 2.30 bits per heavy atom. The number of imide groups is 1. The quantitative estimate of drug-likeness (QED) is 0.689. The molecule has 3 amide bonds. The van der Waals surface area contributed by atoms with Gasteiger partial charge in [-0.05, 0) is 26.8 Å². The Kier molecular flexibility index (Phi) is 4.75. The minimum absolute atomic E-state index is 0.138. The highest BCUT2D eigenvalue weighted by molar-refractivity contribution is 6.07. The van der Waals surface area contributed by atoms with Gasteiger partial charge in [-0.2, -0.15) is 0 Å². The molecule has 1 saturated carbocycles. The molecule has 2 fully saturated rings. The predicted molar refractivity (Wildman–Crippen MR) is 73.7 cm³/mol. The second-order valence-electron chi connectivity index (χ2n) is 5.75. The molecule has 0 spiro atoms. The number of carbonyl (C=O) groups is 3. The van der Waals surface area contributed by atoms with Crippen molar-refractivity contribution in [2.45, 2.75) is 38.6 Å². The zero-order valence-corrected chi connectivity index (χ0v) is 12.1. The lowest BCUT2D eigenvalue weighted by atomic mass is 9.81. The van der Waals surface area contributed by atoms with Gasteiger partial charge >= 0.3 is 0 Å². The van der Waals surface area contributed by atoms with Gasteiger partial charge in [0.05, 0.1) is 11.8 Å². The monoisotopic (exact) mass is 281 g/mol. The van der Waals surface area contributed by atoms with Crippen LogP contribution in [0.3, 0.4) is 0 Å². The molecule has 0 aromatic carbocycles. The Labute approximate surface area is 119 Å². The largest absolute Gasteiger partial charge is 0.353 e. The molecule has 1 aliphatic carbocycles. The molecular formula is C14H23N3O3. The van der Waals surface area contributed by atoms with E-state index in [-0.39, 0.29) is 42.1 Å². The number of nitrogens with one attached hydrogen (secondary N) is 2. The lowest BCUT2D eigenvalue weighted by Crippen LogP contribution is -2.44. The first kappa shape index (κ1) is 15.0. The number of likely N-dealkylation sites (tertiary alicyclic amines) is 1. The molecule has 2 aliphatic rings. The Balaban J connectivity index is 1.90. The van der Waals surface area contributed by atoms with Gasteiger partial charge in [0.1, 0.15) is 6.54 Å². The number of hydrogen-bond donors (Lipinski definition) is 2. The third kappa shape index (κ3) is 3.00. The smallest absolute Gasteiger partial charge is 0.240 e. The van der Waals surface area contributed by atoms with Gasteiger partial charge in [-0.3, -0.25) is 19.3 Å². The molecule has 0 aromatic rings. The Morgan fingerprint density at radius 2 is 1.80 bits per heavy atom. The van der Waals surface area contributed by atoms with Gasteiger partial charge in [-0.25, -0.2) is 0 Å². The summed E-state index contributed by atoms with van der Waals surface area (Å²) in [6.07, 6.45) is 3.56. The van der Waals surface area contributed by atoms with Gasteiger partial charge in [0.2, 0.25) is 17.7 Å². The molecule has 20 heavy (non-hydrogen) atoms. The first-order valence-corrected chi connectivity index (χ1v) is 7.33. The van der Waals surface area contributed by atoms with E-state index in [4.69, 9.17) is 0 Å². The van der Waals surface area contributed by atoms with Crippen molar-refractivity contribution in [1.82, 2.24) is 15.5 Å². The van der Waals surface area contributed by atoms with E-state index in [9.17, 15) is 14.4 Å². The average Bonchev–Trinajstić information content (AvgIpc) is 2.70. The highest BCUT2D eigenvalue weighted by atomic mass is 16.2. The van der Waals surface area contributed by atoms with Crippen molar-refractivity contribution >= 4 is 17.7 Å². The molecule has 3 atom stereocenters. The number of carbonyl (C=O) groups excluding carboxylic acids is 3. The summed E-state index contributed by atoms with van der Waals surface area (Å²) in [5.41, 5.74) is 0. The van der Waals surface area contributed by atoms with Crippen LogP contribution in [0.2, 0.25) is 0 Å². The van der Waals surface area contributed by atoms with Crippen molar-refractivity contribution < 1.29 is 14.4 Å². The fraction of sp³-hybridized carbons (Fsp3) is 0.786. The van der Waals surface area contributed by atoms with Crippen LogP contribution in [-0.2, 0) is 14.4 Å². The lowest BCUT2D eigenvalue weighted by Gasteiger charge is -2.19. The van der Waals surface area contributed by atoms with Gasteiger partial charge in [0, 0.05) is 12.6 Å². The molecule has 1 saturated heterocycles. The van der Waals surface area contributed by atoms with Crippen LogP contribution in [0.1, 0.15) is 32.6 Å². The number of fused-ring (bicyclic) bond motifs is 1. The number of amides is 3. The van der Waals surface area contributed by atoms with E-state index in [1.165, 1.54) is 0 Å². The molecule has 0 aromatic heterocycles. The zero-order valence-electron chi connectivity index (χ0n) is 12.1. The van der Waals surface area contributed by atoms with Gasteiger partial charge in [-0.15, -0.1) is 0 Å². The van der Waals surface area contributed by atoms with Gasteiger partial charge in [-0.1, -0.05) is 12.8 Å². The maximum absolute atomic E-state index is 12.2. The van der Waals surface area contributed by atoms with Crippen molar-refractivity contribution in [3.63, 3.8) is 0 Å². The van der Waals surface area contributed by atoms with Crippen molar-refractivity contribution in [1.29, 1.82) is 0 Å². The third-order valence-corrected chi connectivity index (χ3v) is 4.33. The maximum Gasteiger partial charge on any atom is 0.240 e. The van der Waals surface area contributed by atoms with E-state index in [1.807, 2.05) is 14.0 Å². The van der Waals surface area contributed by atoms with Crippen molar-refractivity contribution in [3.05, 3.63) is 0 Å². The summed E-state index contributed by atoms with van der Waals surface area (Å²) in [5, 5.41) is 5.75. The Morgan fingerprint density at radius 1 is 1.25 bits per heavy atom. The SMILES string of the molecule is CNC(C)CNC(=O)CN1C(=O)C2CCCCC2C1=O. The Bertz CT molecular complexity index is 386. The van der Waals surface area contributed by atoms with E-state index in [0.717, 1.165) is 30.6 Å². The van der Waals surface area contributed by atoms with E-state index in [0.29, 0.717) is 6.54 Å². The van der Waals surface area contributed by atoms with Crippen LogP contribution >= 0.6 is 0 Å². The van der Waals surface area contributed by atoms with Gasteiger partial charge in [0.25, 0.3) is 0 Å². The fourth-order valence-corrected chi connectivity index (χ4v) is 2.96. The fourth-order valence-electron chi connectivity index (χ4n) is 2.96. The average molecular weight is 281 g/mol. The van der Waals surface area contributed by atoms with Crippen LogP contribution in [0.25, 0.3) is 0 Å². The van der Waals surface area contributed by atoms with Crippen LogP contribution in [0.4, 0.5) is 0 Å². The lowest BCUT2D eigenvalue weighted by molar-refractivity contribution is -0.143. The summed E-state index contributed by atoms with van der Waals surface area (Å²) < 4.78 is 0. The number of hydrogen-bond acceptors (Lipinski definition) is 4. The van der Waals surface area contributed by atoms with Crippen molar-refractivity contribution in [3.8, 4) is 0 Å². The summed E-state index contributed by atoms with van der Waals surface area (Å²) in [6.45, 7) is 2.29. The highest BCUT2D eigenvalue weighted by Crippen LogP contribution is 2.37. The molecule has 112 valence electrons. The molecule has 2 rings (SSSR count).